The highest BCUT2D eigenvalue weighted by molar-refractivity contribution is 6.06. The molecule has 0 aliphatic carbocycles. The van der Waals surface area contributed by atoms with E-state index in [0.717, 1.165) is 5.56 Å². The fourth-order valence-corrected chi connectivity index (χ4v) is 2.32. The normalized spacial score (nSPS) is 15.1. The molecule has 1 N–H and O–H groups in total. The van der Waals surface area contributed by atoms with Crippen LogP contribution in [0.25, 0.3) is 0 Å². The summed E-state index contributed by atoms with van der Waals surface area (Å²) in [5.41, 5.74) is 1.81. The van der Waals surface area contributed by atoms with Gasteiger partial charge in [0.1, 0.15) is 11.6 Å². The number of aryl methyl sites for hydroxylation is 1. The van der Waals surface area contributed by atoms with Gasteiger partial charge in [-0.25, -0.2) is 0 Å². The number of rotatable bonds is 3. The first-order valence-corrected chi connectivity index (χ1v) is 7.49. The van der Waals surface area contributed by atoms with Crippen LogP contribution < -0.4 is 5.32 Å². The Kier molecular flexibility index (Phi) is 5.36. The number of nitrogens with zero attached hydrogens (tertiary/aromatic N) is 3. The van der Waals surface area contributed by atoms with Gasteiger partial charge in [0, 0.05) is 45.0 Å². The number of piperazine rings is 1. The van der Waals surface area contributed by atoms with Gasteiger partial charge < -0.3 is 15.1 Å². The van der Waals surface area contributed by atoms with E-state index in [4.69, 9.17) is 0 Å². The molecule has 120 valence electrons. The highest BCUT2D eigenvalue weighted by Crippen LogP contribution is 2.11. The van der Waals surface area contributed by atoms with Crippen LogP contribution >= 0.6 is 0 Å². The molecule has 0 radical (unpaired) electrons. The minimum Gasteiger partial charge on any atom is -0.373 e. The smallest absolute Gasteiger partial charge is 0.267 e. The first kappa shape index (κ1) is 16.6. The Morgan fingerprint density at radius 3 is 2.30 bits per heavy atom. The summed E-state index contributed by atoms with van der Waals surface area (Å²) in [7, 11) is 0. The summed E-state index contributed by atoms with van der Waals surface area (Å²) < 4.78 is 0. The quantitative estimate of drug-likeness (QED) is 0.678. The molecule has 6 nitrogen and oxygen atoms in total. The van der Waals surface area contributed by atoms with Crippen molar-refractivity contribution in [1.82, 2.24) is 9.80 Å². The van der Waals surface area contributed by atoms with Crippen molar-refractivity contribution in [3.05, 3.63) is 41.6 Å². The third-order valence-electron chi connectivity index (χ3n) is 3.75. The molecular formula is C17H20N4O2. The average Bonchev–Trinajstić information content (AvgIpc) is 2.55. The van der Waals surface area contributed by atoms with Gasteiger partial charge in [-0.15, -0.1) is 0 Å². The molecule has 1 aliphatic rings. The van der Waals surface area contributed by atoms with E-state index < -0.39 is 5.91 Å². The zero-order valence-corrected chi connectivity index (χ0v) is 13.4. The number of carbonyl (C=O) groups is 2. The van der Waals surface area contributed by atoms with E-state index in [0.29, 0.717) is 31.9 Å². The molecule has 2 amide bonds. The lowest BCUT2D eigenvalue weighted by atomic mass is 10.2. The van der Waals surface area contributed by atoms with Crippen molar-refractivity contribution < 1.29 is 9.59 Å². The minimum atomic E-state index is -0.426. The maximum atomic E-state index is 12.2. The molecule has 6 heteroatoms. The van der Waals surface area contributed by atoms with E-state index in [1.54, 1.807) is 30.2 Å². The maximum Gasteiger partial charge on any atom is 0.267 e. The van der Waals surface area contributed by atoms with Crippen LogP contribution in [-0.4, -0.2) is 47.8 Å². The second-order valence-electron chi connectivity index (χ2n) is 5.52. The molecule has 0 bridgehead atoms. The third-order valence-corrected chi connectivity index (χ3v) is 3.75. The Morgan fingerprint density at radius 2 is 1.78 bits per heavy atom. The topological polar surface area (TPSA) is 76.4 Å². The predicted molar refractivity (Wildman–Crippen MR) is 87.3 cm³/mol. The van der Waals surface area contributed by atoms with Crippen LogP contribution in [0, 0.1) is 18.3 Å². The van der Waals surface area contributed by atoms with Gasteiger partial charge in [-0.05, 0) is 19.1 Å². The fourth-order valence-electron chi connectivity index (χ4n) is 2.32. The molecule has 1 fully saturated rings. The van der Waals surface area contributed by atoms with Gasteiger partial charge in [0.05, 0.1) is 0 Å². The van der Waals surface area contributed by atoms with E-state index in [2.05, 4.69) is 5.32 Å². The SMILES string of the molecule is CC(=O)N1CCN(/C=C(/C#N)C(=O)Nc2ccc(C)cc2)CC1. The van der Waals surface area contributed by atoms with E-state index in [9.17, 15) is 14.9 Å². The molecule has 1 saturated heterocycles. The molecule has 1 heterocycles. The number of hydrogen-bond donors (Lipinski definition) is 1. The largest absolute Gasteiger partial charge is 0.373 e. The standard InChI is InChI=1S/C17H20N4O2/c1-13-3-5-16(6-4-13)19-17(23)15(11-18)12-20-7-9-21(10-8-20)14(2)22/h3-6,12H,7-10H2,1-2H3,(H,19,23)/b15-12-. The van der Waals surface area contributed by atoms with Crippen molar-refractivity contribution in [2.75, 3.05) is 31.5 Å². The Hall–Kier alpha value is -2.81. The van der Waals surface area contributed by atoms with Gasteiger partial charge in [0.2, 0.25) is 5.91 Å². The minimum absolute atomic E-state index is 0.0475. The van der Waals surface area contributed by atoms with Gasteiger partial charge in [-0.1, -0.05) is 17.7 Å². The van der Waals surface area contributed by atoms with Gasteiger partial charge in [-0.3, -0.25) is 9.59 Å². The van der Waals surface area contributed by atoms with E-state index in [1.807, 2.05) is 30.0 Å². The molecule has 1 aromatic carbocycles. The Bertz CT molecular complexity index is 650. The lowest BCUT2D eigenvalue weighted by Gasteiger charge is -2.33. The monoisotopic (exact) mass is 312 g/mol. The summed E-state index contributed by atoms with van der Waals surface area (Å²) >= 11 is 0. The van der Waals surface area contributed by atoms with Crippen LogP contribution in [0.3, 0.4) is 0 Å². The number of amides is 2. The van der Waals surface area contributed by atoms with Gasteiger partial charge in [0.15, 0.2) is 0 Å². The number of carbonyl (C=O) groups excluding carboxylic acids is 2. The summed E-state index contributed by atoms with van der Waals surface area (Å²) in [6, 6.07) is 9.33. The predicted octanol–water partition coefficient (Wildman–Crippen LogP) is 1.51. The second kappa shape index (κ2) is 7.45. The first-order valence-electron chi connectivity index (χ1n) is 7.49. The molecular weight excluding hydrogens is 292 g/mol. The summed E-state index contributed by atoms with van der Waals surface area (Å²) in [6.45, 7) is 5.94. The van der Waals surface area contributed by atoms with E-state index in [1.165, 1.54) is 0 Å². The Morgan fingerprint density at radius 1 is 1.17 bits per heavy atom. The number of benzene rings is 1. The number of nitriles is 1. The van der Waals surface area contributed by atoms with Crippen molar-refractivity contribution in [3.63, 3.8) is 0 Å². The van der Waals surface area contributed by atoms with Crippen molar-refractivity contribution >= 4 is 17.5 Å². The fraction of sp³-hybridized carbons (Fsp3) is 0.353. The lowest BCUT2D eigenvalue weighted by Crippen LogP contribution is -2.46. The second-order valence-corrected chi connectivity index (χ2v) is 5.52. The summed E-state index contributed by atoms with van der Waals surface area (Å²) in [4.78, 5) is 27.1. The highest BCUT2D eigenvalue weighted by Gasteiger charge is 2.18. The molecule has 0 saturated carbocycles. The zero-order chi connectivity index (χ0) is 16.8. The van der Waals surface area contributed by atoms with Crippen LogP contribution in [0.15, 0.2) is 36.0 Å². The Labute approximate surface area is 136 Å². The molecule has 0 aromatic heterocycles. The summed E-state index contributed by atoms with van der Waals surface area (Å²) in [5.74, 6) is -0.378. The number of hydrogen-bond acceptors (Lipinski definition) is 4. The number of anilines is 1. The molecule has 0 spiro atoms. The average molecular weight is 312 g/mol. The maximum absolute atomic E-state index is 12.2. The summed E-state index contributed by atoms with van der Waals surface area (Å²) in [6.07, 6.45) is 1.57. The van der Waals surface area contributed by atoms with Crippen LogP contribution in [0.5, 0.6) is 0 Å². The Balaban J connectivity index is 1.99. The van der Waals surface area contributed by atoms with Crippen LogP contribution in [-0.2, 0) is 9.59 Å². The van der Waals surface area contributed by atoms with Crippen molar-refractivity contribution in [2.24, 2.45) is 0 Å². The molecule has 0 unspecified atom stereocenters. The van der Waals surface area contributed by atoms with Crippen molar-refractivity contribution in [1.29, 1.82) is 5.26 Å². The first-order chi connectivity index (χ1) is 11.0. The van der Waals surface area contributed by atoms with Gasteiger partial charge in [0.25, 0.3) is 5.91 Å². The molecule has 1 aromatic rings. The van der Waals surface area contributed by atoms with Crippen molar-refractivity contribution in [3.8, 4) is 6.07 Å². The highest BCUT2D eigenvalue weighted by atomic mass is 16.2. The third kappa shape index (κ3) is 4.58. The lowest BCUT2D eigenvalue weighted by molar-refractivity contribution is -0.130. The van der Waals surface area contributed by atoms with Crippen molar-refractivity contribution in [2.45, 2.75) is 13.8 Å². The van der Waals surface area contributed by atoms with Crippen LogP contribution in [0.1, 0.15) is 12.5 Å². The van der Waals surface area contributed by atoms with Gasteiger partial charge >= 0.3 is 0 Å². The molecule has 23 heavy (non-hydrogen) atoms. The van der Waals surface area contributed by atoms with Gasteiger partial charge in [-0.2, -0.15) is 5.26 Å². The van der Waals surface area contributed by atoms with Crippen LogP contribution in [0.4, 0.5) is 5.69 Å². The number of nitrogens with one attached hydrogen (secondary N) is 1. The summed E-state index contributed by atoms with van der Waals surface area (Å²) in [5, 5.41) is 11.9. The van der Waals surface area contributed by atoms with E-state index >= 15 is 0 Å². The molecule has 1 aliphatic heterocycles. The van der Waals surface area contributed by atoms with Crippen LogP contribution in [0.2, 0.25) is 0 Å². The van der Waals surface area contributed by atoms with E-state index in [-0.39, 0.29) is 11.5 Å². The molecule has 2 rings (SSSR count). The zero-order valence-electron chi connectivity index (χ0n) is 13.4. The molecule has 0 atom stereocenters.